The van der Waals surface area contributed by atoms with Crippen molar-refractivity contribution in [3.63, 3.8) is 0 Å². The highest BCUT2D eigenvalue weighted by Gasteiger charge is 2.13. The predicted molar refractivity (Wildman–Crippen MR) is 56.7 cm³/mol. The SMILES string of the molecule is CCc1nc(S(C)(=O)=O)cc(=O)n1CC. The maximum Gasteiger partial charge on any atom is 0.254 e. The Morgan fingerprint density at radius 1 is 1.40 bits per heavy atom. The maximum atomic E-state index is 11.6. The van der Waals surface area contributed by atoms with E-state index in [1.165, 1.54) is 4.57 Å². The van der Waals surface area contributed by atoms with Gasteiger partial charge in [-0.2, -0.15) is 0 Å². The molecule has 0 aliphatic heterocycles. The van der Waals surface area contributed by atoms with E-state index in [-0.39, 0.29) is 10.6 Å². The van der Waals surface area contributed by atoms with Crippen LogP contribution >= 0.6 is 0 Å². The number of hydrogen-bond donors (Lipinski definition) is 0. The topological polar surface area (TPSA) is 69.0 Å². The summed E-state index contributed by atoms with van der Waals surface area (Å²) in [6.07, 6.45) is 1.58. The molecule has 0 atom stereocenters. The van der Waals surface area contributed by atoms with E-state index in [9.17, 15) is 13.2 Å². The number of aryl methyl sites for hydroxylation is 1. The summed E-state index contributed by atoms with van der Waals surface area (Å²) in [6, 6.07) is 1.07. The second kappa shape index (κ2) is 4.14. The van der Waals surface area contributed by atoms with Gasteiger partial charge < -0.3 is 0 Å². The molecule has 0 aliphatic rings. The molecule has 15 heavy (non-hydrogen) atoms. The van der Waals surface area contributed by atoms with Gasteiger partial charge in [0.15, 0.2) is 14.9 Å². The lowest BCUT2D eigenvalue weighted by Gasteiger charge is -2.08. The quantitative estimate of drug-likeness (QED) is 0.697. The molecule has 84 valence electrons. The van der Waals surface area contributed by atoms with Crippen LogP contribution in [0.3, 0.4) is 0 Å². The first-order valence-electron chi connectivity index (χ1n) is 4.71. The Kier molecular flexibility index (Phi) is 3.28. The van der Waals surface area contributed by atoms with Crippen molar-refractivity contribution in [2.45, 2.75) is 31.8 Å². The standard InChI is InChI=1S/C9H14N2O3S/c1-4-7-10-8(15(3,13)14)6-9(12)11(7)5-2/h6H,4-5H2,1-3H3. The van der Waals surface area contributed by atoms with Gasteiger partial charge in [-0.05, 0) is 6.92 Å². The molecule has 1 rings (SSSR count). The van der Waals surface area contributed by atoms with Crippen LogP contribution in [0.15, 0.2) is 15.9 Å². The van der Waals surface area contributed by atoms with Gasteiger partial charge >= 0.3 is 0 Å². The summed E-state index contributed by atoms with van der Waals surface area (Å²) >= 11 is 0. The third kappa shape index (κ3) is 2.44. The van der Waals surface area contributed by atoms with Crippen LogP contribution in [0.25, 0.3) is 0 Å². The molecular weight excluding hydrogens is 216 g/mol. The summed E-state index contributed by atoms with van der Waals surface area (Å²) in [6.45, 7) is 4.15. The van der Waals surface area contributed by atoms with Crippen LogP contribution < -0.4 is 5.56 Å². The summed E-state index contributed by atoms with van der Waals surface area (Å²) in [5.41, 5.74) is -0.315. The zero-order valence-corrected chi connectivity index (χ0v) is 9.84. The molecule has 6 heteroatoms. The van der Waals surface area contributed by atoms with E-state index in [0.29, 0.717) is 18.8 Å². The molecule has 1 aromatic rings. The van der Waals surface area contributed by atoms with Crippen molar-refractivity contribution in [1.29, 1.82) is 0 Å². The van der Waals surface area contributed by atoms with Crippen molar-refractivity contribution in [1.82, 2.24) is 9.55 Å². The molecule has 0 fully saturated rings. The highest BCUT2D eigenvalue weighted by molar-refractivity contribution is 7.90. The normalized spacial score (nSPS) is 11.7. The highest BCUT2D eigenvalue weighted by atomic mass is 32.2. The minimum Gasteiger partial charge on any atom is -0.297 e. The summed E-state index contributed by atoms with van der Waals surface area (Å²) < 4.78 is 24.0. The van der Waals surface area contributed by atoms with Crippen molar-refractivity contribution in [3.8, 4) is 0 Å². The molecule has 5 nitrogen and oxygen atoms in total. The van der Waals surface area contributed by atoms with Crippen LogP contribution in [-0.2, 0) is 22.8 Å². The minimum atomic E-state index is -3.41. The summed E-state index contributed by atoms with van der Waals surface area (Å²) in [5, 5.41) is -0.144. The fourth-order valence-corrected chi connectivity index (χ4v) is 1.91. The number of nitrogens with zero attached hydrogens (tertiary/aromatic N) is 2. The molecule has 0 radical (unpaired) electrons. The second-order valence-corrected chi connectivity index (χ2v) is 5.18. The highest BCUT2D eigenvalue weighted by Crippen LogP contribution is 2.04. The van der Waals surface area contributed by atoms with Crippen LogP contribution in [0.2, 0.25) is 0 Å². The van der Waals surface area contributed by atoms with Gasteiger partial charge in [0.25, 0.3) is 5.56 Å². The molecule has 0 spiro atoms. The Hall–Kier alpha value is -1.17. The smallest absolute Gasteiger partial charge is 0.254 e. The van der Waals surface area contributed by atoms with Crippen LogP contribution in [0.4, 0.5) is 0 Å². The van der Waals surface area contributed by atoms with Gasteiger partial charge in [0.05, 0.1) is 0 Å². The molecular formula is C9H14N2O3S. The Balaban J connectivity index is 3.53. The van der Waals surface area contributed by atoms with E-state index in [1.807, 2.05) is 13.8 Å². The summed E-state index contributed by atoms with van der Waals surface area (Å²) in [7, 11) is -3.41. The molecule has 0 amide bonds. The van der Waals surface area contributed by atoms with Gasteiger partial charge in [-0.3, -0.25) is 9.36 Å². The molecule has 0 saturated heterocycles. The minimum absolute atomic E-state index is 0.144. The van der Waals surface area contributed by atoms with Crippen molar-refractivity contribution < 1.29 is 8.42 Å². The van der Waals surface area contributed by atoms with Crippen LogP contribution in [0, 0.1) is 0 Å². The van der Waals surface area contributed by atoms with Gasteiger partial charge in [0.2, 0.25) is 0 Å². The molecule has 1 aromatic heterocycles. The third-order valence-corrected chi connectivity index (χ3v) is 3.05. The predicted octanol–water partition coefficient (Wildman–Crippen LogP) is 0.229. The van der Waals surface area contributed by atoms with Crippen molar-refractivity contribution in [2.24, 2.45) is 0 Å². The molecule has 0 aromatic carbocycles. The Morgan fingerprint density at radius 3 is 2.40 bits per heavy atom. The van der Waals surface area contributed by atoms with E-state index >= 15 is 0 Å². The van der Waals surface area contributed by atoms with E-state index in [4.69, 9.17) is 0 Å². The number of aromatic nitrogens is 2. The van der Waals surface area contributed by atoms with Gasteiger partial charge in [0, 0.05) is 25.3 Å². The molecule has 0 bridgehead atoms. The number of rotatable bonds is 3. The van der Waals surface area contributed by atoms with E-state index < -0.39 is 9.84 Å². The van der Waals surface area contributed by atoms with E-state index in [1.54, 1.807) is 0 Å². The Bertz CT molecular complexity index is 517. The molecule has 0 N–H and O–H groups in total. The van der Waals surface area contributed by atoms with E-state index in [0.717, 1.165) is 12.3 Å². The second-order valence-electron chi connectivity index (χ2n) is 3.22. The largest absolute Gasteiger partial charge is 0.297 e. The average molecular weight is 230 g/mol. The first-order chi connectivity index (χ1) is 6.90. The van der Waals surface area contributed by atoms with Crippen molar-refractivity contribution >= 4 is 9.84 Å². The first-order valence-corrected chi connectivity index (χ1v) is 6.60. The lowest BCUT2D eigenvalue weighted by molar-refractivity contribution is 0.587. The Morgan fingerprint density at radius 2 is 2.00 bits per heavy atom. The van der Waals surface area contributed by atoms with Gasteiger partial charge in [-0.1, -0.05) is 6.92 Å². The average Bonchev–Trinajstić information content (AvgIpc) is 2.15. The summed E-state index contributed by atoms with van der Waals surface area (Å²) in [4.78, 5) is 15.5. The third-order valence-electron chi connectivity index (χ3n) is 2.08. The molecule has 0 saturated carbocycles. The van der Waals surface area contributed by atoms with Crippen LogP contribution in [0.1, 0.15) is 19.7 Å². The fraction of sp³-hybridized carbons (Fsp3) is 0.556. The van der Waals surface area contributed by atoms with Gasteiger partial charge in [-0.15, -0.1) is 0 Å². The lowest BCUT2D eigenvalue weighted by Crippen LogP contribution is -2.25. The summed E-state index contributed by atoms with van der Waals surface area (Å²) in [5.74, 6) is 0.505. The zero-order chi connectivity index (χ0) is 11.6. The molecule has 0 unspecified atom stereocenters. The number of hydrogen-bond acceptors (Lipinski definition) is 4. The van der Waals surface area contributed by atoms with Gasteiger partial charge in [-0.25, -0.2) is 13.4 Å². The maximum absolute atomic E-state index is 11.6. The van der Waals surface area contributed by atoms with Crippen LogP contribution in [-0.4, -0.2) is 24.2 Å². The van der Waals surface area contributed by atoms with Crippen LogP contribution in [0.5, 0.6) is 0 Å². The molecule has 0 aliphatic carbocycles. The monoisotopic (exact) mass is 230 g/mol. The van der Waals surface area contributed by atoms with Gasteiger partial charge in [0.1, 0.15) is 5.82 Å². The Labute approximate surface area is 88.7 Å². The zero-order valence-electron chi connectivity index (χ0n) is 9.02. The lowest BCUT2D eigenvalue weighted by atomic mass is 10.4. The number of sulfone groups is 1. The van der Waals surface area contributed by atoms with Crippen molar-refractivity contribution in [3.05, 3.63) is 22.2 Å². The fourth-order valence-electron chi connectivity index (χ4n) is 1.33. The first kappa shape index (κ1) is 11.9. The van der Waals surface area contributed by atoms with Crippen molar-refractivity contribution in [2.75, 3.05) is 6.26 Å². The van der Waals surface area contributed by atoms with E-state index in [2.05, 4.69) is 4.98 Å². The molecule has 1 heterocycles.